The highest BCUT2D eigenvalue weighted by molar-refractivity contribution is 5.51. The zero-order chi connectivity index (χ0) is 11.7. The van der Waals surface area contributed by atoms with Crippen LogP contribution in [0.4, 0.5) is 0 Å². The van der Waals surface area contributed by atoms with Gasteiger partial charge in [0.2, 0.25) is 0 Å². The number of hydrogen-bond acceptors (Lipinski definition) is 5. The SMILES string of the molecule is Cc1cc(-c2nc(C3CCNCC3)no2)co1. The first-order valence-corrected chi connectivity index (χ1v) is 5.93. The molecule has 90 valence electrons. The van der Waals surface area contributed by atoms with Gasteiger partial charge < -0.3 is 14.3 Å². The van der Waals surface area contributed by atoms with E-state index in [0.717, 1.165) is 43.1 Å². The molecule has 3 heterocycles. The molecule has 0 aliphatic carbocycles. The third kappa shape index (κ3) is 2.10. The fourth-order valence-electron chi connectivity index (χ4n) is 2.15. The van der Waals surface area contributed by atoms with Crippen molar-refractivity contribution >= 4 is 0 Å². The second kappa shape index (κ2) is 4.33. The van der Waals surface area contributed by atoms with E-state index in [4.69, 9.17) is 8.94 Å². The molecule has 5 nitrogen and oxygen atoms in total. The maximum absolute atomic E-state index is 5.28. The Labute approximate surface area is 99.2 Å². The first-order chi connectivity index (χ1) is 8.33. The van der Waals surface area contributed by atoms with Crippen LogP contribution in [0.15, 0.2) is 21.3 Å². The fraction of sp³-hybridized carbons (Fsp3) is 0.500. The summed E-state index contributed by atoms with van der Waals surface area (Å²) >= 11 is 0. The largest absolute Gasteiger partial charge is 0.469 e. The number of nitrogens with one attached hydrogen (secondary N) is 1. The van der Waals surface area contributed by atoms with E-state index < -0.39 is 0 Å². The molecule has 2 aromatic heterocycles. The van der Waals surface area contributed by atoms with Crippen molar-refractivity contribution in [3.05, 3.63) is 23.9 Å². The molecule has 0 amide bonds. The third-order valence-corrected chi connectivity index (χ3v) is 3.12. The first-order valence-electron chi connectivity index (χ1n) is 5.93. The quantitative estimate of drug-likeness (QED) is 0.860. The normalized spacial score (nSPS) is 17.5. The van der Waals surface area contributed by atoms with Gasteiger partial charge in [0.15, 0.2) is 5.82 Å². The molecule has 2 aromatic rings. The second-order valence-corrected chi connectivity index (χ2v) is 4.43. The molecule has 1 N–H and O–H groups in total. The van der Waals surface area contributed by atoms with Crippen LogP contribution >= 0.6 is 0 Å². The van der Waals surface area contributed by atoms with Crippen LogP contribution in [0, 0.1) is 6.92 Å². The molecule has 1 aliphatic rings. The van der Waals surface area contributed by atoms with Crippen LogP contribution in [0.5, 0.6) is 0 Å². The minimum absolute atomic E-state index is 0.418. The molecule has 1 fully saturated rings. The van der Waals surface area contributed by atoms with Crippen molar-refractivity contribution in [3.63, 3.8) is 0 Å². The van der Waals surface area contributed by atoms with Crippen LogP contribution in [0.3, 0.4) is 0 Å². The highest BCUT2D eigenvalue weighted by atomic mass is 16.5. The van der Waals surface area contributed by atoms with Crippen LogP contribution in [0.1, 0.15) is 30.3 Å². The van der Waals surface area contributed by atoms with Crippen molar-refractivity contribution in [2.45, 2.75) is 25.7 Å². The summed E-state index contributed by atoms with van der Waals surface area (Å²) in [7, 11) is 0. The predicted molar refractivity (Wildman–Crippen MR) is 61.6 cm³/mol. The van der Waals surface area contributed by atoms with Crippen molar-refractivity contribution < 1.29 is 8.94 Å². The van der Waals surface area contributed by atoms with E-state index in [0.29, 0.717) is 11.8 Å². The Morgan fingerprint density at radius 3 is 2.88 bits per heavy atom. The lowest BCUT2D eigenvalue weighted by atomic mass is 9.98. The van der Waals surface area contributed by atoms with Crippen LogP contribution in [-0.4, -0.2) is 23.2 Å². The Morgan fingerprint density at radius 1 is 1.35 bits per heavy atom. The molecule has 0 radical (unpaired) electrons. The van der Waals surface area contributed by atoms with Crippen LogP contribution in [0.25, 0.3) is 11.5 Å². The van der Waals surface area contributed by atoms with Crippen LogP contribution in [0.2, 0.25) is 0 Å². The molecule has 0 saturated carbocycles. The Morgan fingerprint density at radius 2 is 2.18 bits per heavy atom. The van der Waals surface area contributed by atoms with Gasteiger partial charge in [-0.05, 0) is 38.9 Å². The molecule has 0 bridgehead atoms. The monoisotopic (exact) mass is 233 g/mol. The van der Waals surface area contributed by atoms with Gasteiger partial charge in [0, 0.05) is 5.92 Å². The van der Waals surface area contributed by atoms with Gasteiger partial charge in [-0.1, -0.05) is 5.16 Å². The topological polar surface area (TPSA) is 64.1 Å². The van der Waals surface area contributed by atoms with Crippen molar-refractivity contribution in [3.8, 4) is 11.5 Å². The van der Waals surface area contributed by atoms with E-state index in [1.807, 2.05) is 13.0 Å². The lowest BCUT2D eigenvalue weighted by Crippen LogP contribution is -2.27. The first kappa shape index (κ1) is 10.5. The van der Waals surface area contributed by atoms with E-state index in [9.17, 15) is 0 Å². The average molecular weight is 233 g/mol. The van der Waals surface area contributed by atoms with Gasteiger partial charge >= 0.3 is 0 Å². The van der Waals surface area contributed by atoms with Gasteiger partial charge in [0.1, 0.15) is 12.0 Å². The lowest BCUT2D eigenvalue weighted by Gasteiger charge is -2.18. The summed E-state index contributed by atoms with van der Waals surface area (Å²) in [5.74, 6) is 2.64. The molecular weight excluding hydrogens is 218 g/mol. The summed E-state index contributed by atoms with van der Waals surface area (Å²) in [6.45, 7) is 3.95. The van der Waals surface area contributed by atoms with E-state index in [1.54, 1.807) is 6.26 Å². The van der Waals surface area contributed by atoms with E-state index in [1.165, 1.54) is 0 Å². The summed E-state index contributed by atoms with van der Waals surface area (Å²) in [4.78, 5) is 4.45. The van der Waals surface area contributed by atoms with Gasteiger partial charge in [0.05, 0.1) is 5.56 Å². The Bertz CT molecular complexity index is 497. The standard InChI is InChI=1S/C12H15N3O2/c1-8-6-10(7-16-8)12-14-11(15-17-12)9-2-4-13-5-3-9/h6-7,9,13H,2-5H2,1H3. The molecule has 0 spiro atoms. The minimum atomic E-state index is 0.418. The summed E-state index contributed by atoms with van der Waals surface area (Å²) in [6, 6.07) is 1.90. The average Bonchev–Trinajstić information content (AvgIpc) is 2.98. The van der Waals surface area contributed by atoms with Crippen molar-refractivity contribution in [2.24, 2.45) is 0 Å². The van der Waals surface area contributed by atoms with E-state index in [2.05, 4.69) is 15.5 Å². The zero-order valence-corrected chi connectivity index (χ0v) is 9.77. The number of nitrogens with zero attached hydrogens (tertiary/aromatic N) is 2. The van der Waals surface area contributed by atoms with Crippen LogP contribution in [-0.2, 0) is 0 Å². The molecular formula is C12H15N3O2. The Balaban J connectivity index is 1.82. The third-order valence-electron chi connectivity index (χ3n) is 3.12. The van der Waals surface area contributed by atoms with E-state index in [-0.39, 0.29) is 0 Å². The number of hydrogen-bond donors (Lipinski definition) is 1. The van der Waals surface area contributed by atoms with Crippen molar-refractivity contribution in [1.29, 1.82) is 0 Å². The van der Waals surface area contributed by atoms with Gasteiger partial charge in [-0.25, -0.2) is 0 Å². The molecule has 0 aromatic carbocycles. The fourth-order valence-corrected chi connectivity index (χ4v) is 2.15. The molecule has 1 aliphatic heterocycles. The van der Waals surface area contributed by atoms with E-state index >= 15 is 0 Å². The van der Waals surface area contributed by atoms with Gasteiger partial charge in [-0.2, -0.15) is 4.98 Å². The van der Waals surface area contributed by atoms with Gasteiger partial charge in [0.25, 0.3) is 5.89 Å². The smallest absolute Gasteiger partial charge is 0.261 e. The van der Waals surface area contributed by atoms with Gasteiger partial charge in [-0.3, -0.25) is 0 Å². The Hall–Kier alpha value is -1.62. The van der Waals surface area contributed by atoms with Crippen LogP contribution < -0.4 is 5.32 Å². The molecule has 5 heteroatoms. The van der Waals surface area contributed by atoms with Gasteiger partial charge in [-0.15, -0.1) is 0 Å². The summed E-state index contributed by atoms with van der Waals surface area (Å²) in [5, 5.41) is 7.40. The van der Waals surface area contributed by atoms with Crippen molar-refractivity contribution in [1.82, 2.24) is 15.5 Å². The Kier molecular flexibility index (Phi) is 2.68. The summed E-state index contributed by atoms with van der Waals surface area (Å²) in [6.07, 6.45) is 3.79. The maximum atomic E-state index is 5.28. The predicted octanol–water partition coefficient (Wildman–Crippen LogP) is 2.11. The molecule has 0 unspecified atom stereocenters. The number of rotatable bonds is 2. The summed E-state index contributed by atoms with van der Waals surface area (Å²) < 4.78 is 10.5. The molecule has 0 atom stereocenters. The number of aromatic nitrogens is 2. The maximum Gasteiger partial charge on any atom is 0.261 e. The number of piperidine rings is 1. The number of furan rings is 1. The lowest BCUT2D eigenvalue weighted by molar-refractivity contribution is 0.392. The summed E-state index contributed by atoms with van der Waals surface area (Å²) in [5.41, 5.74) is 0.857. The molecule has 3 rings (SSSR count). The van der Waals surface area contributed by atoms with Crippen molar-refractivity contribution in [2.75, 3.05) is 13.1 Å². The molecule has 17 heavy (non-hydrogen) atoms. The second-order valence-electron chi connectivity index (χ2n) is 4.43. The number of aryl methyl sites for hydroxylation is 1. The minimum Gasteiger partial charge on any atom is -0.469 e. The molecule has 1 saturated heterocycles. The zero-order valence-electron chi connectivity index (χ0n) is 9.77. The highest BCUT2D eigenvalue weighted by Gasteiger charge is 2.21. The highest BCUT2D eigenvalue weighted by Crippen LogP contribution is 2.26.